The quantitative estimate of drug-likeness (QED) is 0.765. The lowest BCUT2D eigenvalue weighted by Gasteiger charge is -2.24. The fraction of sp³-hybridized carbons (Fsp3) is 0.263. The summed E-state index contributed by atoms with van der Waals surface area (Å²) in [5.74, 6) is 0. The van der Waals surface area contributed by atoms with Crippen molar-refractivity contribution >= 4 is 27.7 Å². The zero-order chi connectivity index (χ0) is 18.3. The molecule has 25 heavy (non-hydrogen) atoms. The Balaban J connectivity index is 1.97. The standard InChI is InChI=1S/C19H23ClN2O2S/c1-22(2)19(14-17-6-4-3-5-7-17)15-21-25(23,24)13-12-16-8-10-18(20)11-9-16/h3-13,19,21H,14-15H2,1-2H3/b13-12+. The number of nitrogens with one attached hydrogen (secondary N) is 1. The Kier molecular flexibility index (Phi) is 7.20. The van der Waals surface area contributed by atoms with Gasteiger partial charge in [-0.3, -0.25) is 0 Å². The lowest BCUT2D eigenvalue weighted by Crippen LogP contribution is -2.41. The van der Waals surface area contributed by atoms with Crippen LogP contribution in [-0.2, 0) is 16.4 Å². The molecule has 134 valence electrons. The number of rotatable bonds is 8. The van der Waals surface area contributed by atoms with Crippen LogP contribution in [0.4, 0.5) is 0 Å². The van der Waals surface area contributed by atoms with E-state index in [1.165, 1.54) is 11.0 Å². The molecule has 2 rings (SSSR count). The number of hydrogen-bond donors (Lipinski definition) is 1. The SMILES string of the molecule is CN(C)C(CNS(=O)(=O)/C=C/c1ccc(Cl)cc1)Cc1ccccc1. The average molecular weight is 379 g/mol. The number of sulfonamides is 1. The lowest BCUT2D eigenvalue weighted by atomic mass is 10.1. The van der Waals surface area contributed by atoms with Gasteiger partial charge in [-0.2, -0.15) is 0 Å². The van der Waals surface area contributed by atoms with Gasteiger partial charge in [0, 0.05) is 23.0 Å². The van der Waals surface area contributed by atoms with Crippen LogP contribution in [0.25, 0.3) is 6.08 Å². The number of benzene rings is 2. The van der Waals surface area contributed by atoms with Crippen LogP contribution in [0.5, 0.6) is 0 Å². The first-order chi connectivity index (χ1) is 11.9. The Bertz CT molecular complexity index is 788. The fourth-order valence-electron chi connectivity index (χ4n) is 2.33. The number of nitrogens with zero attached hydrogens (tertiary/aromatic N) is 1. The van der Waals surface area contributed by atoms with Crippen LogP contribution in [-0.4, -0.2) is 40.0 Å². The summed E-state index contributed by atoms with van der Waals surface area (Å²) in [4.78, 5) is 2.03. The molecule has 1 atom stereocenters. The van der Waals surface area contributed by atoms with Crippen LogP contribution in [0.2, 0.25) is 5.02 Å². The molecule has 2 aromatic carbocycles. The highest BCUT2D eigenvalue weighted by Gasteiger charge is 2.15. The molecule has 0 saturated carbocycles. The summed E-state index contributed by atoms with van der Waals surface area (Å²) < 4.78 is 27.1. The molecule has 0 aliphatic carbocycles. The molecule has 6 heteroatoms. The molecule has 1 unspecified atom stereocenters. The summed E-state index contributed by atoms with van der Waals surface area (Å²) in [5, 5.41) is 1.80. The second-order valence-corrected chi connectivity index (χ2v) is 8.14. The molecule has 0 bridgehead atoms. The third kappa shape index (κ3) is 7.00. The van der Waals surface area contributed by atoms with E-state index < -0.39 is 10.0 Å². The average Bonchev–Trinajstić information content (AvgIpc) is 2.59. The van der Waals surface area contributed by atoms with E-state index >= 15 is 0 Å². The summed E-state index contributed by atoms with van der Waals surface area (Å²) in [6.45, 7) is 0.342. The molecule has 0 aromatic heterocycles. The van der Waals surface area contributed by atoms with Gasteiger partial charge in [0.1, 0.15) is 0 Å². The number of hydrogen-bond acceptors (Lipinski definition) is 3. The highest BCUT2D eigenvalue weighted by Crippen LogP contribution is 2.11. The topological polar surface area (TPSA) is 49.4 Å². The number of halogens is 1. The third-order valence-electron chi connectivity index (χ3n) is 3.87. The van der Waals surface area contributed by atoms with Crippen LogP contribution < -0.4 is 4.72 Å². The summed E-state index contributed by atoms with van der Waals surface area (Å²) in [5.41, 5.74) is 1.96. The zero-order valence-electron chi connectivity index (χ0n) is 14.4. The van der Waals surface area contributed by atoms with Gasteiger partial charge < -0.3 is 4.90 Å². The van der Waals surface area contributed by atoms with Crippen LogP contribution in [0, 0.1) is 0 Å². The molecular formula is C19H23ClN2O2S. The molecule has 0 aliphatic heterocycles. The van der Waals surface area contributed by atoms with Gasteiger partial charge >= 0.3 is 0 Å². The van der Waals surface area contributed by atoms with Crippen LogP contribution in [0.15, 0.2) is 60.0 Å². The van der Waals surface area contributed by atoms with Gasteiger partial charge in [0.15, 0.2) is 0 Å². The van der Waals surface area contributed by atoms with Crippen molar-refractivity contribution in [2.45, 2.75) is 12.5 Å². The third-order valence-corrected chi connectivity index (χ3v) is 5.19. The Morgan fingerprint density at radius 1 is 1.08 bits per heavy atom. The molecule has 0 spiro atoms. The molecule has 0 amide bonds. The second-order valence-electron chi connectivity index (χ2n) is 6.05. The first kappa shape index (κ1) is 19.7. The zero-order valence-corrected chi connectivity index (χ0v) is 16.0. The normalized spacial score (nSPS) is 13.4. The maximum atomic E-state index is 12.2. The summed E-state index contributed by atoms with van der Waals surface area (Å²) in [7, 11) is 0.399. The summed E-state index contributed by atoms with van der Waals surface area (Å²) >= 11 is 5.82. The maximum absolute atomic E-state index is 12.2. The predicted molar refractivity (Wildman–Crippen MR) is 105 cm³/mol. The first-order valence-electron chi connectivity index (χ1n) is 7.99. The van der Waals surface area contributed by atoms with E-state index in [0.717, 1.165) is 12.0 Å². The van der Waals surface area contributed by atoms with E-state index in [1.807, 2.05) is 49.3 Å². The largest absolute Gasteiger partial charge is 0.305 e. The molecule has 0 heterocycles. The molecule has 4 nitrogen and oxygen atoms in total. The van der Waals surface area contributed by atoms with E-state index in [-0.39, 0.29) is 6.04 Å². The van der Waals surface area contributed by atoms with Crippen molar-refractivity contribution < 1.29 is 8.42 Å². The lowest BCUT2D eigenvalue weighted by molar-refractivity contribution is 0.292. The monoisotopic (exact) mass is 378 g/mol. The van der Waals surface area contributed by atoms with Crippen molar-refractivity contribution in [1.29, 1.82) is 0 Å². The van der Waals surface area contributed by atoms with E-state index in [4.69, 9.17) is 11.6 Å². The highest BCUT2D eigenvalue weighted by molar-refractivity contribution is 7.92. The van der Waals surface area contributed by atoms with Crippen molar-refractivity contribution in [2.75, 3.05) is 20.6 Å². The fourth-order valence-corrected chi connectivity index (χ4v) is 3.31. The molecule has 0 fully saturated rings. The first-order valence-corrected chi connectivity index (χ1v) is 9.92. The van der Waals surface area contributed by atoms with Gasteiger partial charge in [0.05, 0.1) is 0 Å². The Hall–Kier alpha value is -1.66. The number of likely N-dealkylation sites (N-methyl/N-ethyl adjacent to an activating group) is 1. The van der Waals surface area contributed by atoms with E-state index in [9.17, 15) is 8.42 Å². The smallest absolute Gasteiger partial charge is 0.233 e. The van der Waals surface area contributed by atoms with Gasteiger partial charge in [0.25, 0.3) is 0 Å². The summed E-state index contributed by atoms with van der Waals surface area (Å²) in [6.07, 6.45) is 2.33. The van der Waals surface area contributed by atoms with Crippen molar-refractivity contribution in [3.63, 3.8) is 0 Å². The van der Waals surface area contributed by atoms with Crippen LogP contribution in [0.3, 0.4) is 0 Å². The Morgan fingerprint density at radius 3 is 2.32 bits per heavy atom. The summed E-state index contributed by atoms with van der Waals surface area (Å²) in [6, 6.07) is 17.1. The minimum absolute atomic E-state index is 0.0705. The Morgan fingerprint density at radius 2 is 1.72 bits per heavy atom. The van der Waals surface area contributed by atoms with Gasteiger partial charge in [0.2, 0.25) is 10.0 Å². The highest BCUT2D eigenvalue weighted by atomic mass is 35.5. The van der Waals surface area contributed by atoms with Gasteiger partial charge in [-0.1, -0.05) is 54.1 Å². The maximum Gasteiger partial charge on any atom is 0.233 e. The minimum atomic E-state index is -3.50. The molecular weight excluding hydrogens is 356 g/mol. The molecule has 0 radical (unpaired) electrons. The molecule has 2 aromatic rings. The van der Waals surface area contributed by atoms with E-state index in [1.54, 1.807) is 30.3 Å². The molecule has 1 N–H and O–H groups in total. The Labute approximate surface area is 155 Å². The predicted octanol–water partition coefficient (Wildman–Crippen LogP) is 3.40. The van der Waals surface area contributed by atoms with Crippen LogP contribution in [0.1, 0.15) is 11.1 Å². The van der Waals surface area contributed by atoms with E-state index in [2.05, 4.69) is 4.72 Å². The van der Waals surface area contributed by atoms with Gasteiger partial charge in [-0.25, -0.2) is 13.1 Å². The molecule has 0 aliphatic rings. The van der Waals surface area contributed by atoms with Crippen molar-refractivity contribution in [2.24, 2.45) is 0 Å². The van der Waals surface area contributed by atoms with Gasteiger partial charge in [-0.05, 0) is 49.9 Å². The van der Waals surface area contributed by atoms with Crippen molar-refractivity contribution in [3.8, 4) is 0 Å². The second kappa shape index (κ2) is 9.15. The van der Waals surface area contributed by atoms with E-state index in [0.29, 0.717) is 11.6 Å². The molecule has 0 saturated heterocycles. The van der Waals surface area contributed by atoms with Crippen molar-refractivity contribution in [3.05, 3.63) is 76.2 Å². The minimum Gasteiger partial charge on any atom is -0.305 e. The van der Waals surface area contributed by atoms with Gasteiger partial charge in [-0.15, -0.1) is 0 Å². The van der Waals surface area contributed by atoms with Crippen molar-refractivity contribution in [1.82, 2.24) is 9.62 Å². The van der Waals surface area contributed by atoms with Crippen LogP contribution >= 0.6 is 11.6 Å².